The normalized spacial score (nSPS) is 9.69. The first-order valence-corrected chi connectivity index (χ1v) is 4.60. The topological polar surface area (TPSA) is 49.3 Å². The molecule has 0 fully saturated rings. The fraction of sp³-hybridized carbons (Fsp3) is 0.222. The third-order valence-corrected chi connectivity index (χ3v) is 2.49. The van der Waals surface area contributed by atoms with Crippen molar-refractivity contribution < 1.29 is 9.90 Å². The largest absolute Gasteiger partial charge is 0.480 e. The molecule has 0 radical (unpaired) electrons. The van der Waals surface area contributed by atoms with E-state index in [0.717, 1.165) is 15.7 Å². The molecule has 0 aliphatic carbocycles. The predicted octanol–water partition coefficient (Wildman–Crippen LogP) is 2.25. The van der Waals surface area contributed by atoms with Crippen molar-refractivity contribution in [1.82, 2.24) is 0 Å². The average molecular weight is 244 g/mol. The first-order chi connectivity index (χ1) is 6.09. The van der Waals surface area contributed by atoms with Gasteiger partial charge in [-0.1, -0.05) is 15.9 Å². The lowest BCUT2D eigenvalue weighted by Gasteiger charge is -2.05. The van der Waals surface area contributed by atoms with Crippen LogP contribution in [0.1, 0.15) is 5.56 Å². The number of carboxylic acid groups (broad SMARTS) is 1. The highest BCUT2D eigenvalue weighted by molar-refractivity contribution is 9.10. The number of aryl methyl sites for hydroxylation is 1. The van der Waals surface area contributed by atoms with E-state index in [0.29, 0.717) is 0 Å². The molecule has 0 aliphatic heterocycles. The molecule has 3 nitrogen and oxygen atoms in total. The van der Waals surface area contributed by atoms with Gasteiger partial charge in [-0.05, 0) is 30.7 Å². The molecule has 0 unspecified atom stereocenters. The molecule has 0 saturated carbocycles. The summed E-state index contributed by atoms with van der Waals surface area (Å²) in [4.78, 5) is 10.3. The van der Waals surface area contributed by atoms with E-state index in [2.05, 4.69) is 21.2 Å². The lowest BCUT2D eigenvalue weighted by Crippen LogP contribution is -2.12. The van der Waals surface area contributed by atoms with Gasteiger partial charge in [0.2, 0.25) is 0 Å². The molecule has 0 bridgehead atoms. The highest BCUT2D eigenvalue weighted by Gasteiger charge is 1.98. The van der Waals surface area contributed by atoms with Gasteiger partial charge in [0, 0.05) is 10.2 Å². The Hall–Kier alpha value is -1.03. The molecule has 70 valence electrons. The number of nitrogens with one attached hydrogen (secondary N) is 1. The van der Waals surface area contributed by atoms with E-state index in [4.69, 9.17) is 5.11 Å². The highest BCUT2D eigenvalue weighted by atomic mass is 79.9. The summed E-state index contributed by atoms with van der Waals surface area (Å²) < 4.78 is 1.02. The monoisotopic (exact) mass is 243 g/mol. The van der Waals surface area contributed by atoms with E-state index in [1.54, 1.807) is 0 Å². The van der Waals surface area contributed by atoms with Crippen LogP contribution in [0.2, 0.25) is 0 Å². The zero-order valence-electron chi connectivity index (χ0n) is 7.17. The molecule has 1 rings (SSSR count). The maximum Gasteiger partial charge on any atom is 0.322 e. The number of benzene rings is 1. The molecule has 0 saturated heterocycles. The van der Waals surface area contributed by atoms with E-state index in [9.17, 15) is 4.79 Å². The van der Waals surface area contributed by atoms with Crippen LogP contribution in [0.15, 0.2) is 22.7 Å². The maximum atomic E-state index is 10.3. The third kappa shape index (κ3) is 3.06. The Labute approximate surface area is 84.9 Å². The van der Waals surface area contributed by atoms with Crippen molar-refractivity contribution in [2.45, 2.75) is 6.92 Å². The second-order valence-electron chi connectivity index (χ2n) is 2.71. The standard InChI is InChI=1S/C9H10BrNO2/c1-6-4-7(2-3-8(6)10)11-5-9(12)13/h2-4,11H,5H2,1H3,(H,12,13). The summed E-state index contributed by atoms with van der Waals surface area (Å²) in [5.41, 5.74) is 1.90. The zero-order chi connectivity index (χ0) is 9.84. The van der Waals surface area contributed by atoms with Crippen molar-refractivity contribution >= 4 is 27.6 Å². The van der Waals surface area contributed by atoms with Crippen LogP contribution in [0.3, 0.4) is 0 Å². The molecule has 0 amide bonds. The zero-order valence-corrected chi connectivity index (χ0v) is 8.76. The first kappa shape index (κ1) is 10.1. The number of halogens is 1. The molecular formula is C9H10BrNO2. The second-order valence-corrected chi connectivity index (χ2v) is 3.57. The van der Waals surface area contributed by atoms with Gasteiger partial charge in [-0.25, -0.2) is 0 Å². The lowest BCUT2D eigenvalue weighted by atomic mass is 10.2. The Morgan fingerprint density at radius 3 is 2.85 bits per heavy atom. The van der Waals surface area contributed by atoms with Gasteiger partial charge in [0.05, 0.1) is 0 Å². The molecule has 2 N–H and O–H groups in total. The second kappa shape index (κ2) is 4.28. The maximum absolute atomic E-state index is 10.3. The molecule has 1 aromatic rings. The molecule has 4 heteroatoms. The Morgan fingerprint density at radius 2 is 2.31 bits per heavy atom. The molecule has 1 aromatic carbocycles. The lowest BCUT2D eigenvalue weighted by molar-refractivity contribution is -0.134. The number of carboxylic acids is 1. The molecule has 0 aliphatic rings. The molecule has 0 heterocycles. The summed E-state index contributed by atoms with van der Waals surface area (Å²) in [6.45, 7) is 1.90. The van der Waals surface area contributed by atoms with Crippen molar-refractivity contribution in [1.29, 1.82) is 0 Å². The summed E-state index contributed by atoms with van der Waals surface area (Å²) >= 11 is 3.37. The number of hydrogen-bond acceptors (Lipinski definition) is 2. The van der Waals surface area contributed by atoms with E-state index in [1.807, 2.05) is 25.1 Å². The van der Waals surface area contributed by atoms with E-state index in [1.165, 1.54) is 0 Å². The van der Waals surface area contributed by atoms with Crippen LogP contribution < -0.4 is 5.32 Å². The fourth-order valence-corrected chi connectivity index (χ4v) is 1.18. The van der Waals surface area contributed by atoms with Gasteiger partial charge < -0.3 is 10.4 Å². The summed E-state index contributed by atoms with van der Waals surface area (Å²) in [6, 6.07) is 5.62. The average Bonchev–Trinajstić information content (AvgIpc) is 2.07. The minimum absolute atomic E-state index is 0.0545. The van der Waals surface area contributed by atoms with E-state index >= 15 is 0 Å². The summed E-state index contributed by atoms with van der Waals surface area (Å²) in [5.74, 6) is -0.861. The van der Waals surface area contributed by atoms with Crippen LogP contribution in [0.4, 0.5) is 5.69 Å². The van der Waals surface area contributed by atoms with Crippen LogP contribution in [0, 0.1) is 6.92 Å². The molecule has 13 heavy (non-hydrogen) atoms. The molecule has 0 aromatic heterocycles. The smallest absolute Gasteiger partial charge is 0.322 e. The van der Waals surface area contributed by atoms with Crippen LogP contribution in [-0.2, 0) is 4.79 Å². The highest BCUT2D eigenvalue weighted by Crippen LogP contribution is 2.19. The Bertz CT molecular complexity index is 325. The third-order valence-electron chi connectivity index (χ3n) is 1.60. The number of hydrogen-bond donors (Lipinski definition) is 2. The molecule has 0 spiro atoms. The molecule has 0 atom stereocenters. The SMILES string of the molecule is Cc1cc(NCC(=O)O)ccc1Br. The van der Waals surface area contributed by atoms with Crippen LogP contribution in [-0.4, -0.2) is 17.6 Å². The summed E-state index contributed by atoms with van der Waals surface area (Å²) in [7, 11) is 0. The van der Waals surface area contributed by atoms with Gasteiger partial charge in [0.15, 0.2) is 0 Å². The van der Waals surface area contributed by atoms with E-state index < -0.39 is 5.97 Å². The van der Waals surface area contributed by atoms with Crippen molar-refractivity contribution in [2.24, 2.45) is 0 Å². The van der Waals surface area contributed by atoms with Crippen LogP contribution in [0.25, 0.3) is 0 Å². The Morgan fingerprint density at radius 1 is 1.62 bits per heavy atom. The minimum atomic E-state index is -0.861. The number of aliphatic carboxylic acids is 1. The minimum Gasteiger partial charge on any atom is -0.480 e. The van der Waals surface area contributed by atoms with Crippen LogP contribution >= 0.6 is 15.9 Å². The van der Waals surface area contributed by atoms with Crippen molar-refractivity contribution in [3.63, 3.8) is 0 Å². The Balaban J connectivity index is 2.68. The summed E-state index contributed by atoms with van der Waals surface area (Å²) in [5, 5.41) is 11.2. The van der Waals surface area contributed by atoms with Gasteiger partial charge in [-0.15, -0.1) is 0 Å². The van der Waals surface area contributed by atoms with Gasteiger partial charge in [-0.2, -0.15) is 0 Å². The number of anilines is 1. The van der Waals surface area contributed by atoms with Crippen molar-refractivity contribution in [2.75, 3.05) is 11.9 Å². The van der Waals surface area contributed by atoms with Gasteiger partial charge in [0.1, 0.15) is 6.54 Å². The van der Waals surface area contributed by atoms with Gasteiger partial charge in [-0.3, -0.25) is 4.79 Å². The Kier molecular flexibility index (Phi) is 3.31. The van der Waals surface area contributed by atoms with Gasteiger partial charge >= 0.3 is 5.97 Å². The fourth-order valence-electron chi connectivity index (χ4n) is 0.932. The first-order valence-electron chi connectivity index (χ1n) is 3.81. The number of rotatable bonds is 3. The van der Waals surface area contributed by atoms with Crippen LogP contribution in [0.5, 0.6) is 0 Å². The van der Waals surface area contributed by atoms with Gasteiger partial charge in [0.25, 0.3) is 0 Å². The summed E-state index contributed by atoms with van der Waals surface area (Å²) in [6.07, 6.45) is 0. The van der Waals surface area contributed by atoms with Crippen molar-refractivity contribution in [3.05, 3.63) is 28.2 Å². The van der Waals surface area contributed by atoms with E-state index in [-0.39, 0.29) is 6.54 Å². The molecular weight excluding hydrogens is 234 g/mol. The quantitative estimate of drug-likeness (QED) is 0.857. The predicted molar refractivity (Wildman–Crippen MR) is 55.0 cm³/mol. The number of carbonyl (C=O) groups is 1. The van der Waals surface area contributed by atoms with Crippen molar-refractivity contribution in [3.8, 4) is 0 Å².